The molecule has 0 spiro atoms. The number of nitrogens with zero attached hydrogens (tertiary/aromatic N) is 3. The van der Waals surface area contributed by atoms with Crippen LogP contribution >= 0.6 is 11.7 Å². The summed E-state index contributed by atoms with van der Waals surface area (Å²) < 4.78 is 35.0. The molecule has 0 bridgehead atoms. The molecule has 1 aromatic heterocycles. The van der Waals surface area contributed by atoms with E-state index in [1.807, 2.05) is 18.2 Å². The number of carbonyl (C=O) groups excluding carboxylic acids is 1. The van der Waals surface area contributed by atoms with Gasteiger partial charge in [-0.3, -0.25) is 4.79 Å². The topological polar surface area (TPSA) is 92.3 Å². The predicted octanol–water partition coefficient (Wildman–Crippen LogP) is 1.51. The third-order valence-electron chi connectivity index (χ3n) is 4.18. The number of benzene rings is 1. The van der Waals surface area contributed by atoms with Crippen molar-refractivity contribution in [1.29, 1.82) is 0 Å². The van der Waals surface area contributed by atoms with Crippen molar-refractivity contribution in [2.75, 3.05) is 19.6 Å². The SMILES string of the molecule is O=C(c1cnsn1)N1CCCC(CNS(=O)(=O)Cc2ccccc2)C1. The molecule has 0 aliphatic carbocycles. The Hall–Kier alpha value is -1.84. The summed E-state index contributed by atoms with van der Waals surface area (Å²) in [6.07, 6.45) is 3.22. The van der Waals surface area contributed by atoms with Crippen molar-refractivity contribution in [3.05, 3.63) is 47.8 Å². The maximum Gasteiger partial charge on any atom is 0.275 e. The summed E-state index contributed by atoms with van der Waals surface area (Å²) in [4.78, 5) is 14.1. The minimum atomic E-state index is -3.39. The van der Waals surface area contributed by atoms with Crippen LogP contribution in [0.2, 0.25) is 0 Å². The van der Waals surface area contributed by atoms with E-state index in [1.54, 1.807) is 17.0 Å². The van der Waals surface area contributed by atoms with Gasteiger partial charge in [-0.05, 0) is 24.3 Å². The average Bonchev–Trinajstić information content (AvgIpc) is 3.15. The maximum absolute atomic E-state index is 12.3. The first-order valence-corrected chi connectivity index (χ1v) is 10.5. The molecule has 1 aliphatic rings. The number of amides is 1. The first-order valence-electron chi connectivity index (χ1n) is 8.11. The number of sulfonamides is 1. The van der Waals surface area contributed by atoms with Crippen molar-refractivity contribution in [2.24, 2.45) is 5.92 Å². The Labute approximate surface area is 151 Å². The molecule has 0 radical (unpaired) electrons. The van der Waals surface area contributed by atoms with E-state index in [4.69, 9.17) is 0 Å². The summed E-state index contributed by atoms with van der Waals surface area (Å²) in [7, 11) is -3.39. The summed E-state index contributed by atoms with van der Waals surface area (Å²) in [6.45, 7) is 1.54. The zero-order chi connectivity index (χ0) is 17.7. The van der Waals surface area contributed by atoms with Crippen LogP contribution in [0.5, 0.6) is 0 Å². The van der Waals surface area contributed by atoms with E-state index in [2.05, 4.69) is 13.5 Å². The Bertz CT molecular complexity index is 794. The first-order chi connectivity index (χ1) is 12.0. The summed E-state index contributed by atoms with van der Waals surface area (Å²) in [5.41, 5.74) is 1.11. The van der Waals surface area contributed by atoms with Crippen molar-refractivity contribution in [1.82, 2.24) is 18.4 Å². The number of likely N-dealkylation sites (tertiary alicyclic amines) is 1. The molecule has 1 aromatic carbocycles. The lowest BCUT2D eigenvalue weighted by Crippen LogP contribution is -2.43. The molecule has 1 amide bonds. The molecule has 2 heterocycles. The minimum absolute atomic E-state index is 0.0340. The van der Waals surface area contributed by atoms with Gasteiger partial charge >= 0.3 is 0 Å². The number of nitrogens with one attached hydrogen (secondary N) is 1. The molecule has 1 N–H and O–H groups in total. The van der Waals surface area contributed by atoms with Crippen LogP contribution in [0, 0.1) is 5.92 Å². The largest absolute Gasteiger partial charge is 0.337 e. The van der Waals surface area contributed by atoms with Gasteiger partial charge in [0.25, 0.3) is 5.91 Å². The van der Waals surface area contributed by atoms with Crippen molar-refractivity contribution < 1.29 is 13.2 Å². The number of aromatic nitrogens is 2. The van der Waals surface area contributed by atoms with Crippen LogP contribution in [-0.4, -0.2) is 47.6 Å². The highest BCUT2D eigenvalue weighted by molar-refractivity contribution is 7.88. The van der Waals surface area contributed by atoms with Gasteiger partial charge in [-0.25, -0.2) is 13.1 Å². The van der Waals surface area contributed by atoms with Crippen LogP contribution in [0.15, 0.2) is 36.5 Å². The van der Waals surface area contributed by atoms with Crippen molar-refractivity contribution in [3.8, 4) is 0 Å². The second-order valence-electron chi connectivity index (χ2n) is 6.15. The van der Waals surface area contributed by atoms with E-state index >= 15 is 0 Å². The third-order valence-corrected chi connectivity index (χ3v) is 5.98. The third kappa shape index (κ3) is 5.07. The normalized spacial score (nSPS) is 18.2. The van der Waals surface area contributed by atoms with Crippen LogP contribution in [0.4, 0.5) is 0 Å². The monoisotopic (exact) mass is 380 g/mol. The van der Waals surface area contributed by atoms with Crippen LogP contribution in [0.1, 0.15) is 28.9 Å². The molecule has 0 saturated carbocycles. The first kappa shape index (κ1) is 18.0. The van der Waals surface area contributed by atoms with Gasteiger partial charge in [-0.15, -0.1) is 0 Å². The number of rotatable bonds is 6. The lowest BCUT2D eigenvalue weighted by molar-refractivity contribution is 0.0671. The Kier molecular flexibility index (Phi) is 5.77. The van der Waals surface area contributed by atoms with E-state index in [0.717, 1.165) is 30.1 Å². The highest BCUT2D eigenvalue weighted by Crippen LogP contribution is 2.18. The van der Waals surface area contributed by atoms with Crippen LogP contribution in [0.3, 0.4) is 0 Å². The van der Waals surface area contributed by atoms with Gasteiger partial charge in [-0.1, -0.05) is 30.3 Å². The highest BCUT2D eigenvalue weighted by atomic mass is 32.2. The van der Waals surface area contributed by atoms with Crippen molar-refractivity contribution >= 4 is 27.7 Å². The van der Waals surface area contributed by atoms with Gasteiger partial charge in [0.2, 0.25) is 10.0 Å². The van der Waals surface area contributed by atoms with Crippen LogP contribution in [0.25, 0.3) is 0 Å². The second-order valence-corrected chi connectivity index (χ2v) is 8.51. The summed E-state index contributed by atoms with van der Waals surface area (Å²) in [5.74, 6) is -0.0614. The van der Waals surface area contributed by atoms with Crippen LogP contribution < -0.4 is 4.72 Å². The molecule has 134 valence electrons. The molecule has 1 unspecified atom stereocenters. The number of hydrogen-bond acceptors (Lipinski definition) is 6. The van der Waals surface area contributed by atoms with Gasteiger partial charge in [0, 0.05) is 19.6 Å². The van der Waals surface area contributed by atoms with Gasteiger partial charge < -0.3 is 4.90 Å². The zero-order valence-electron chi connectivity index (χ0n) is 13.7. The highest BCUT2D eigenvalue weighted by Gasteiger charge is 2.26. The predicted molar refractivity (Wildman–Crippen MR) is 95.6 cm³/mol. The zero-order valence-corrected chi connectivity index (χ0v) is 15.3. The quantitative estimate of drug-likeness (QED) is 0.820. The average molecular weight is 380 g/mol. The number of carbonyl (C=O) groups is 1. The van der Waals surface area contributed by atoms with Gasteiger partial charge in [0.05, 0.1) is 23.7 Å². The smallest absolute Gasteiger partial charge is 0.275 e. The van der Waals surface area contributed by atoms with E-state index in [1.165, 1.54) is 6.20 Å². The lowest BCUT2D eigenvalue weighted by Gasteiger charge is -2.32. The maximum atomic E-state index is 12.3. The van der Waals surface area contributed by atoms with Gasteiger partial charge in [0.1, 0.15) is 0 Å². The molecule has 7 nitrogen and oxygen atoms in total. The molecule has 9 heteroatoms. The standard InChI is InChI=1S/C16H20N4O3S2/c21-16(15-10-17-24-19-15)20-8-4-7-14(11-20)9-18-25(22,23)12-13-5-2-1-3-6-13/h1-3,5-6,10,14,18H,4,7-9,11-12H2. The fraction of sp³-hybridized carbons (Fsp3) is 0.438. The van der Waals surface area contributed by atoms with E-state index < -0.39 is 10.0 Å². The summed E-state index contributed by atoms with van der Waals surface area (Å²) in [5, 5.41) is 0. The molecular weight excluding hydrogens is 360 g/mol. The molecule has 3 rings (SSSR count). The van der Waals surface area contributed by atoms with Gasteiger partial charge in [0.15, 0.2) is 5.69 Å². The fourth-order valence-electron chi connectivity index (χ4n) is 2.93. The molecule has 1 saturated heterocycles. The second kappa shape index (κ2) is 8.03. The van der Waals surface area contributed by atoms with Crippen molar-refractivity contribution in [3.63, 3.8) is 0 Å². The molecule has 1 aliphatic heterocycles. The number of piperidine rings is 1. The molecule has 1 fully saturated rings. The Morgan fingerprint density at radius 3 is 2.84 bits per heavy atom. The lowest BCUT2D eigenvalue weighted by atomic mass is 9.98. The Morgan fingerprint density at radius 1 is 1.32 bits per heavy atom. The molecule has 1 atom stereocenters. The summed E-state index contributed by atoms with van der Waals surface area (Å²) >= 11 is 1.01. The fourth-order valence-corrected chi connectivity index (χ4v) is 4.56. The van der Waals surface area contributed by atoms with Crippen LogP contribution in [-0.2, 0) is 15.8 Å². The van der Waals surface area contributed by atoms with E-state index in [-0.39, 0.29) is 17.6 Å². The van der Waals surface area contributed by atoms with E-state index in [9.17, 15) is 13.2 Å². The Balaban J connectivity index is 1.53. The molecule has 25 heavy (non-hydrogen) atoms. The number of hydrogen-bond donors (Lipinski definition) is 1. The summed E-state index contributed by atoms with van der Waals surface area (Å²) in [6, 6.07) is 9.09. The Morgan fingerprint density at radius 2 is 2.12 bits per heavy atom. The van der Waals surface area contributed by atoms with Gasteiger partial charge in [-0.2, -0.15) is 8.75 Å². The van der Waals surface area contributed by atoms with E-state index in [0.29, 0.717) is 25.3 Å². The molecular formula is C16H20N4O3S2. The molecule has 2 aromatic rings. The minimum Gasteiger partial charge on any atom is -0.337 e. The van der Waals surface area contributed by atoms with Crippen molar-refractivity contribution in [2.45, 2.75) is 18.6 Å².